The second-order valence-electron chi connectivity index (χ2n) is 6.93. The van der Waals surface area contributed by atoms with Crippen LogP contribution >= 0.6 is 0 Å². The van der Waals surface area contributed by atoms with E-state index in [0.717, 1.165) is 29.7 Å². The third kappa shape index (κ3) is 2.75. The Bertz CT molecular complexity index is 1080. The van der Waals surface area contributed by atoms with Gasteiger partial charge in [-0.3, -0.25) is 14.3 Å². The first kappa shape index (κ1) is 16.4. The molecule has 7 nitrogen and oxygen atoms in total. The predicted octanol–water partition coefficient (Wildman–Crippen LogP) is 1.96. The molecule has 4 rings (SSSR count). The summed E-state index contributed by atoms with van der Waals surface area (Å²) in [6, 6.07) is 5.59. The fraction of sp³-hybridized carbons (Fsp3) is 0.316. The largest absolute Gasteiger partial charge is 0.397 e. The van der Waals surface area contributed by atoms with Gasteiger partial charge in [0, 0.05) is 36.3 Å². The Kier molecular flexibility index (Phi) is 3.79. The van der Waals surface area contributed by atoms with Crippen molar-refractivity contribution in [3.05, 3.63) is 46.0 Å². The Morgan fingerprint density at radius 2 is 2.15 bits per heavy atom. The van der Waals surface area contributed by atoms with Crippen LogP contribution in [0.3, 0.4) is 0 Å². The first-order chi connectivity index (χ1) is 12.5. The number of anilines is 1. The Labute approximate surface area is 150 Å². The zero-order valence-corrected chi connectivity index (χ0v) is 14.8. The molecule has 2 aromatic heterocycles. The van der Waals surface area contributed by atoms with Crippen molar-refractivity contribution in [3.63, 3.8) is 0 Å². The van der Waals surface area contributed by atoms with Crippen molar-refractivity contribution < 1.29 is 4.79 Å². The number of para-hydroxylation sites is 1. The maximum absolute atomic E-state index is 12.6. The second-order valence-corrected chi connectivity index (χ2v) is 6.93. The summed E-state index contributed by atoms with van der Waals surface area (Å²) in [6.45, 7) is 2.50. The number of H-pyrrole nitrogens is 1. The van der Waals surface area contributed by atoms with E-state index in [1.807, 2.05) is 38.4 Å². The number of benzene rings is 1. The maximum atomic E-state index is 12.6. The number of amides is 1. The molecular weight excluding hydrogens is 330 g/mol. The molecule has 1 aliphatic carbocycles. The normalized spacial score (nSPS) is 13.9. The van der Waals surface area contributed by atoms with E-state index in [9.17, 15) is 9.59 Å². The number of nitrogens with one attached hydrogen (secondary N) is 2. The molecule has 7 heteroatoms. The van der Waals surface area contributed by atoms with E-state index in [-0.39, 0.29) is 11.3 Å². The molecule has 0 unspecified atom stereocenters. The van der Waals surface area contributed by atoms with Crippen molar-refractivity contribution in [2.45, 2.75) is 19.8 Å². The predicted molar refractivity (Wildman–Crippen MR) is 101 cm³/mol. The number of hydrogen-bond donors (Lipinski definition) is 3. The molecule has 0 bridgehead atoms. The van der Waals surface area contributed by atoms with Crippen LogP contribution in [0.25, 0.3) is 22.0 Å². The van der Waals surface area contributed by atoms with Crippen LogP contribution in [0.1, 0.15) is 28.9 Å². The lowest BCUT2D eigenvalue weighted by Crippen LogP contribution is -2.32. The summed E-state index contributed by atoms with van der Waals surface area (Å²) in [5.41, 5.74) is 9.17. The molecule has 1 aliphatic rings. The van der Waals surface area contributed by atoms with Crippen LogP contribution in [0, 0.1) is 12.8 Å². The first-order valence-corrected chi connectivity index (χ1v) is 8.69. The molecule has 1 aromatic carbocycles. The third-order valence-electron chi connectivity index (χ3n) is 4.87. The third-order valence-corrected chi connectivity index (χ3v) is 4.87. The number of carbonyl (C=O) groups excluding carboxylic acids is 1. The number of nitrogens with zero attached hydrogens (tertiary/aromatic N) is 2. The lowest BCUT2D eigenvalue weighted by molar-refractivity contribution is 0.0951. The summed E-state index contributed by atoms with van der Waals surface area (Å²) in [4.78, 5) is 27.9. The van der Waals surface area contributed by atoms with Gasteiger partial charge in [-0.05, 0) is 25.7 Å². The number of aromatic amines is 1. The van der Waals surface area contributed by atoms with Gasteiger partial charge in [0.15, 0.2) is 0 Å². The minimum absolute atomic E-state index is 0.0155. The molecule has 134 valence electrons. The number of nitrogen functional groups attached to an aromatic ring is 1. The molecule has 1 saturated carbocycles. The number of nitrogens with two attached hydrogens (primary N) is 1. The van der Waals surface area contributed by atoms with Crippen LogP contribution in [0.2, 0.25) is 0 Å². The van der Waals surface area contributed by atoms with Crippen molar-refractivity contribution in [2.75, 3.05) is 12.3 Å². The maximum Gasteiger partial charge on any atom is 0.263 e. The Hall–Kier alpha value is -3.09. The highest BCUT2D eigenvalue weighted by Crippen LogP contribution is 2.32. The van der Waals surface area contributed by atoms with Gasteiger partial charge in [-0.15, -0.1) is 0 Å². The summed E-state index contributed by atoms with van der Waals surface area (Å²) in [5, 5.41) is 7.83. The average Bonchev–Trinajstić information content (AvgIpc) is 3.36. The van der Waals surface area contributed by atoms with Gasteiger partial charge in [0.2, 0.25) is 0 Å². The molecule has 0 atom stereocenters. The Morgan fingerprint density at radius 3 is 2.81 bits per heavy atom. The lowest BCUT2D eigenvalue weighted by Gasteiger charge is -2.11. The van der Waals surface area contributed by atoms with Crippen LogP contribution in [0.5, 0.6) is 0 Å². The van der Waals surface area contributed by atoms with E-state index >= 15 is 0 Å². The number of rotatable bonds is 4. The van der Waals surface area contributed by atoms with Gasteiger partial charge in [-0.1, -0.05) is 18.2 Å². The molecule has 4 N–H and O–H groups in total. The van der Waals surface area contributed by atoms with Gasteiger partial charge in [0.05, 0.1) is 16.9 Å². The molecule has 26 heavy (non-hydrogen) atoms. The van der Waals surface area contributed by atoms with Crippen LogP contribution in [0.4, 0.5) is 5.69 Å². The number of carbonyl (C=O) groups is 1. The smallest absolute Gasteiger partial charge is 0.263 e. The molecule has 2 heterocycles. The molecular formula is C19H21N5O2. The van der Waals surface area contributed by atoms with Crippen molar-refractivity contribution >= 4 is 22.5 Å². The molecule has 1 amide bonds. The molecule has 1 fully saturated rings. The van der Waals surface area contributed by atoms with Gasteiger partial charge in [0.25, 0.3) is 11.5 Å². The highest BCUT2D eigenvalue weighted by Gasteiger charge is 2.24. The van der Waals surface area contributed by atoms with E-state index in [4.69, 9.17) is 5.73 Å². The van der Waals surface area contributed by atoms with Crippen LogP contribution < -0.4 is 16.6 Å². The van der Waals surface area contributed by atoms with Crippen molar-refractivity contribution in [2.24, 2.45) is 13.0 Å². The minimum atomic E-state index is -0.475. The average molecular weight is 351 g/mol. The first-order valence-electron chi connectivity index (χ1n) is 8.69. The molecule has 0 spiro atoms. The number of fused-ring (bicyclic) bond motifs is 1. The van der Waals surface area contributed by atoms with Crippen LogP contribution in [-0.4, -0.2) is 27.2 Å². The van der Waals surface area contributed by atoms with E-state index in [2.05, 4.69) is 15.4 Å². The summed E-state index contributed by atoms with van der Waals surface area (Å²) < 4.78 is 1.73. The van der Waals surface area contributed by atoms with Gasteiger partial charge < -0.3 is 16.0 Å². The Balaban J connectivity index is 1.85. The zero-order chi connectivity index (χ0) is 18.4. The van der Waals surface area contributed by atoms with Crippen molar-refractivity contribution in [1.29, 1.82) is 0 Å². The van der Waals surface area contributed by atoms with Crippen molar-refractivity contribution in [3.8, 4) is 11.1 Å². The quantitative estimate of drug-likeness (QED) is 0.668. The number of pyridine rings is 1. The molecule has 3 aromatic rings. The highest BCUT2D eigenvalue weighted by molar-refractivity contribution is 6.09. The summed E-state index contributed by atoms with van der Waals surface area (Å²) in [5.74, 6) is 0.111. The zero-order valence-electron chi connectivity index (χ0n) is 14.8. The number of aromatic nitrogens is 3. The van der Waals surface area contributed by atoms with E-state index in [1.54, 1.807) is 4.68 Å². The van der Waals surface area contributed by atoms with Crippen LogP contribution in [-0.2, 0) is 7.05 Å². The highest BCUT2D eigenvalue weighted by atomic mass is 16.2. The topological polar surface area (TPSA) is 106 Å². The summed E-state index contributed by atoms with van der Waals surface area (Å²) in [6.07, 6.45) is 4.14. The fourth-order valence-electron chi connectivity index (χ4n) is 3.31. The fourth-order valence-corrected chi connectivity index (χ4v) is 3.31. The standard InChI is InChI=1S/C19H21N5O2/c1-10-14(9-24(2)23-10)12-4-3-5-13-16(20)15(19(26)22-17(12)13)18(25)21-8-11-6-7-11/h3-5,9,11H,6-8H2,1-2H3,(H,21,25)(H3,20,22,26). The summed E-state index contributed by atoms with van der Waals surface area (Å²) >= 11 is 0. The summed E-state index contributed by atoms with van der Waals surface area (Å²) in [7, 11) is 1.85. The van der Waals surface area contributed by atoms with Crippen LogP contribution in [0.15, 0.2) is 29.2 Å². The van der Waals surface area contributed by atoms with Gasteiger partial charge in [-0.25, -0.2) is 0 Å². The number of hydrogen-bond acceptors (Lipinski definition) is 4. The SMILES string of the molecule is Cc1nn(C)cc1-c1cccc2c(N)c(C(=O)NCC3CC3)c(=O)[nH]c12. The molecule has 0 aliphatic heterocycles. The second kappa shape index (κ2) is 6.01. The van der Waals surface area contributed by atoms with E-state index < -0.39 is 11.5 Å². The van der Waals surface area contributed by atoms with Crippen molar-refractivity contribution in [1.82, 2.24) is 20.1 Å². The number of aryl methyl sites for hydroxylation is 2. The lowest BCUT2D eigenvalue weighted by atomic mass is 10.0. The van der Waals surface area contributed by atoms with Gasteiger partial charge in [0.1, 0.15) is 5.56 Å². The van der Waals surface area contributed by atoms with E-state index in [1.165, 1.54) is 0 Å². The van der Waals surface area contributed by atoms with Gasteiger partial charge >= 0.3 is 0 Å². The Morgan fingerprint density at radius 1 is 1.38 bits per heavy atom. The minimum Gasteiger partial charge on any atom is -0.397 e. The molecule has 0 saturated heterocycles. The molecule has 0 radical (unpaired) electrons. The van der Waals surface area contributed by atoms with Gasteiger partial charge in [-0.2, -0.15) is 5.10 Å². The monoisotopic (exact) mass is 351 g/mol. The van der Waals surface area contributed by atoms with E-state index in [0.29, 0.717) is 23.4 Å².